The molecule has 4 aliphatic rings. The normalized spacial score (nSPS) is 19.5. The van der Waals surface area contributed by atoms with Gasteiger partial charge in [0.15, 0.2) is 0 Å². The number of carboxylic acids is 1. The van der Waals surface area contributed by atoms with Crippen molar-refractivity contribution in [2.75, 3.05) is 26.2 Å². The molecule has 6 N–H and O–H groups in total. The number of rotatable bonds is 8. The predicted molar refractivity (Wildman–Crippen MR) is 235 cm³/mol. The van der Waals surface area contributed by atoms with Gasteiger partial charge in [-0.05, 0) is 143 Å². The molecule has 0 bridgehead atoms. The predicted octanol–water partition coefficient (Wildman–Crippen LogP) is 10.3. The van der Waals surface area contributed by atoms with Crippen LogP contribution < -0.4 is 11.9 Å². The van der Waals surface area contributed by atoms with Gasteiger partial charge in [0, 0.05) is 44.8 Å². The van der Waals surface area contributed by atoms with E-state index in [1.165, 1.54) is 78.9 Å². The van der Waals surface area contributed by atoms with Crippen molar-refractivity contribution in [1.82, 2.24) is 16.0 Å². The van der Waals surface area contributed by atoms with E-state index in [1.807, 2.05) is 0 Å². The lowest BCUT2D eigenvalue weighted by atomic mass is 9.73. The van der Waals surface area contributed by atoms with Crippen LogP contribution in [0.25, 0.3) is 12.2 Å². The molecule has 356 valence electrons. The minimum Gasteiger partial charge on any atom is -0.481 e. The summed E-state index contributed by atoms with van der Waals surface area (Å²) in [6.45, 7) is 1.51. The van der Waals surface area contributed by atoms with Gasteiger partial charge in [0.2, 0.25) is 17.7 Å². The fraction of sp³-hybridized carbons (Fsp3) is 0.360. The summed E-state index contributed by atoms with van der Waals surface area (Å²) in [6, 6.07) is 19.2. The lowest BCUT2D eigenvalue weighted by molar-refractivity contribution is -0.138. The summed E-state index contributed by atoms with van der Waals surface area (Å²) in [7, 11) is 0. The maximum absolute atomic E-state index is 14.0. The molecule has 0 radical (unpaired) electrons. The first kappa shape index (κ1) is 50.1. The molecular weight excluding hydrogens is 889 g/mol. The van der Waals surface area contributed by atoms with Crippen molar-refractivity contribution in [3.8, 4) is 0 Å². The summed E-state index contributed by atoms with van der Waals surface area (Å²) in [5.41, 5.74) is 6.38. The van der Waals surface area contributed by atoms with Crippen molar-refractivity contribution in [2.24, 2.45) is 5.73 Å². The number of fused-ring (bicyclic) bond motifs is 4. The van der Waals surface area contributed by atoms with E-state index in [0.717, 1.165) is 40.5 Å². The van der Waals surface area contributed by atoms with E-state index < -0.39 is 40.8 Å². The molecule has 2 aliphatic carbocycles. The number of hydrogen-bond donors (Lipinski definition) is 3. The molecule has 2 unspecified atom stereocenters. The van der Waals surface area contributed by atoms with Gasteiger partial charge in [-0.1, -0.05) is 48.5 Å². The number of alkyl halides is 6. The third kappa shape index (κ3) is 11.1. The number of hydrogen-bond acceptors (Lipinski definition) is 5. The summed E-state index contributed by atoms with van der Waals surface area (Å²) in [5, 5.41) is 9.27. The van der Waals surface area contributed by atoms with E-state index in [-0.39, 0.29) is 70.8 Å². The second-order valence-electron chi connectivity index (χ2n) is 17.6. The van der Waals surface area contributed by atoms with Crippen LogP contribution >= 0.6 is 0 Å². The first-order valence-electron chi connectivity index (χ1n) is 21.5. The zero-order valence-electron chi connectivity index (χ0n) is 36.3. The minimum atomic E-state index is -4.51. The Morgan fingerprint density at radius 3 is 1.34 bits per heavy atom. The molecule has 0 saturated carbocycles. The highest BCUT2D eigenvalue weighted by atomic mass is 19.4. The van der Waals surface area contributed by atoms with Crippen LogP contribution in [0.4, 0.5) is 35.1 Å². The van der Waals surface area contributed by atoms with Crippen molar-refractivity contribution in [1.29, 1.82) is 0 Å². The zero-order valence-corrected chi connectivity index (χ0v) is 36.3. The van der Waals surface area contributed by atoms with E-state index in [0.29, 0.717) is 64.7 Å². The van der Waals surface area contributed by atoms with Crippen LogP contribution in [0.15, 0.2) is 97.1 Å². The SMILES string of the molecule is N.NC(=O)CC1CC2(CCN(C(=O)/C=C/c3ccccc3C(F)(F)F)CC2)c2cc(F)ccc21.O=C(O)CC1CC2(CCN(C(=O)/C=C/c3ccccc3C(F)(F)F)CC2)c2cc(F)ccc21. The molecule has 4 aromatic carbocycles. The number of nitrogens with two attached hydrogens (primary N) is 1. The summed E-state index contributed by atoms with van der Waals surface area (Å²) in [5.74, 6) is -3.10. The Kier molecular flexibility index (Phi) is 14.8. The second kappa shape index (κ2) is 19.9. The third-order valence-electron chi connectivity index (χ3n) is 13.6. The Morgan fingerprint density at radius 1 is 0.612 bits per heavy atom. The zero-order chi connectivity index (χ0) is 47.6. The first-order valence-corrected chi connectivity index (χ1v) is 21.5. The molecule has 0 aromatic heterocycles. The van der Waals surface area contributed by atoms with E-state index in [4.69, 9.17) is 5.73 Å². The van der Waals surface area contributed by atoms with Gasteiger partial charge in [-0.15, -0.1) is 0 Å². The highest BCUT2D eigenvalue weighted by Crippen LogP contribution is 2.54. The number of likely N-dealkylation sites (tertiary alicyclic amines) is 2. The second-order valence-corrected chi connectivity index (χ2v) is 17.6. The lowest BCUT2D eigenvalue weighted by Crippen LogP contribution is -2.44. The van der Waals surface area contributed by atoms with Gasteiger partial charge in [-0.2, -0.15) is 26.3 Å². The van der Waals surface area contributed by atoms with Crippen molar-refractivity contribution >= 4 is 35.8 Å². The molecule has 67 heavy (non-hydrogen) atoms. The van der Waals surface area contributed by atoms with Crippen LogP contribution in [-0.2, 0) is 42.4 Å². The Labute approximate surface area is 381 Å². The highest BCUT2D eigenvalue weighted by Gasteiger charge is 2.48. The molecule has 2 spiro atoms. The van der Waals surface area contributed by atoms with Crippen LogP contribution in [0.3, 0.4) is 0 Å². The minimum absolute atomic E-state index is 0. The molecule has 2 fully saturated rings. The Morgan fingerprint density at radius 2 is 0.985 bits per heavy atom. The van der Waals surface area contributed by atoms with Gasteiger partial charge in [0.05, 0.1) is 17.5 Å². The monoisotopic (exact) mass is 938 g/mol. The van der Waals surface area contributed by atoms with Gasteiger partial charge in [-0.3, -0.25) is 19.2 Å². The molecule has 4 aromatic rings. The van der Waals surface area contributed by atoms with Crippen LogP contribution in [0.2, 0.25) is 0 Å². The van der Waals surface area contributed by atoms with Crippen LogP contribution in [0.5, 0.6) is 0 Å². The van der Waals surface area contributed by atoms with Gasteiger partial charge >= 0.3 is 18.3 Å². The summed E-state index contributed by atoms with van der Waals surface area (Å²) >= 11 is 0. The fourth-order valence-corrected chi connectivity index (χ4v) is 10.5. The lowest BCUT2D eigenvalue weighted by Gasteiger charge is -2.40. The maximum Gasteiger partial charge on any atom is 0.416 e. The molecule has 2 saturated heterocycles. The smallest absolute Gasteiger partial charge is 0.416 e. The number of amides is 3. The quantitative estimate of drug-likeness (QED) is 0.118. The van der Waals surface area contributed by atoms with E-state index in [1.54, 1.807) is 21.9 Å². The highest BCUT2D eigenvalue weighted by molar-refractivity contribution is 5.93. The largest absolute Gasteiger partial charge is 0.481 e. The first-order chi connectivity index (χ1) is 31.2. The Hall–Kier alpha value is -6.36. The maximum atomic E-state index is 14.0. The van der Waals surface area contributed by atoms with E-state index in [2.05, 4.69) is 0 Å². The number of nitrogens with zero attached hydrogens (tertiary/aromatic N) is 2. The van der Waals surface area contributed by atoms with Crippen molar-refractivity contribution in [2.45, 2.75) is 86.4 Å². The van der Waals surface area contributed by atoms with Crippen molar-refractivity contribution in [3.05, 3.63) is 153 Å². The van der Waals surface area contributed by atoms with E-state index >= 15 is 0 Å². The van der Waals surface area contributed by atoms with Crippen molar-refractivity contribution in [3.63, 3.8) is 0 Å². The third-order valence-corrected chi connectivity index (χ3v) is 13.6. The van der Waals surface area contributed by atoms with Gasteiger partial charge in [0.25, 0.3) is 0 Å². The van der Waals surface area contributed by atoms with E-state index in [9.17, 15) is 59.4 Å². The van der Waals surface area contributed by atoms with Gasteiger partial charge < -0.3 is 26.8 Å². The number of primary amides is 1. The van der Waals surface area contributed by atoms with Crippen molar-refractivity contribution < 1.29 is 59.4 Å². The summed E-state index contributed by atoms with van der Waals surface area (Å²) < 4.78 is 107. The molecule has 2 atom stereocenters. The number of carbonyl (C=O) groups is 4. The van der Waals surface area contributed by atoms with Crippen LogP contribution in [0.1, 0.15) is 108 Å². The Balaban J connectivity index is 0.000000218. The topological polar surface area (TPSA) is 156 Å². The number of carboxylic acid groups (broad SMARTS) is 1. The summed E-state index contributed by atoms with van der Waals surface area (Å²) in [4.78, 5) is 51.4. The number of halogens is 8. The fourth-order valence-electron chi connectivity index (χ4n) is 10.5. The number of piperidine rings is 2. The average molecular weight is 939 g/mol. The molecule has 2 heterocycles. The van der Waals surface area contributed by atoms with Gasteiger partial charge in [-0.25, -0.2) is 8.78 Å². The molecular formula is C50H50F8N4O5. The molecule has 8 rings (SSSR count). The molecule has 17 heteroatoms. The van der Waals surface area contributed by atoms with Crippen LogP contribution in [0, 0.1) is 11.6 Å². The van der Waals surface area contributed by atoms with Crippen LogP contribution in [-0.4, -0.2) is 64.8 Å². The Bertz CT molecular complexity index is 2380. The average Bonchev–Trinajstić information content (AvgIpc) is 3.70. The molecule has 3 amide bonds. The number of carbonyl (C=O) groups excluding carboxylic acids is 3. The number of aliphatic carboxylic acids is 1. The summed E-state index contributed by atoms with van der Waals surface area (Å²) in [6.07, 6.45) is -0.704. The standard InChI is InChI=1S/C25H24F4N2O2.C25H23F4NO3.H3N/c26-18-6-7-19-17(13-22(30)32)15-24(21(19)14-18)9-11-31(12-10-24)23(33)8-5-16-3-1-2-4-20(16)25(27,28)29;26-18-6-7-19-17(13-23(32)33)15-24(21(19)14-18)9-11-30(12-10-24)22(31)8-5-16-3-1-2-4-20(16)25(27,28)29;/h1-8,14,17H,9-13,15H2,(H2,30,32);1-8,14,17H,9-13,15H2,(H,32,33);1H3/b2*8-5+;. The number of benzene rings is 4. The molecule has 9 nitrogen and oxygen atoms in total. The molecule has 2 aliphatic heterocycles. The van der Waals surface area contributed by atoms with Gasteiger partial charge in [0.1, 0.15) is 11.6 Å².